The predicted octanol–water partition coefficient (Wildman–Crippen LogP) is 3.06. The van der Waals surface area contributed by atoms with Crippen molar-refractivity contribution in [1.82, 2.24) is 10.3 Å². The lowest BCUT2D eigenvalue weighted by Crippen LogP contribution is -2.22. The molecule has 1 N–H and O–H groups in total. The summed E-state index contributed by atoms with van der Waals surface area (Å²) >= 11 is 1.78. The first-order valence-electron chi connectivity index (χ1n) is 6.08. The smallest absolute Gasteiger partial charge is 0.133 e. The zero-order valence-corrected chi connectivity index (χ0v) is 11.9. The molecule has 0 aliphatic heterocycles. The normalized spacial score (nSPS) is 12.4. The quantitative estimate of drug-likeness (QED) is 0.896. The summed E-state index contributed by atoms with van der Waals surface area (Å²) in [6.07, 6.45) is 1.85. The minimum atomic E-state index is 0.305. The third-order valence-corrected chi connectivity index (χ3v) is 3.91. The average molecular weight is 261 g/mol. The van der Waals surface area contributed by atoms with E-state index in [4.69, 9.17) is 0 Å². The fourth-order valence-corrected chi connectivity index (χ4v) is 2.69. The summed E-state index contributed by atoms with van der Waals surface area (Å²) in [7, 11) is 4.06. The van der Waals surface area contributed by atoms with E-state index in [9.17, 15) is 0 Å². The van der Waals surface area contributed by atoms with Crippen molar-refractivity contribution < 1.29 is 0 Å². The van der Waals surface area contributed by atoms with Crippen LogP contribution in [0.1, 0.15) is 23.4 Å². The summed E-state index contributed by atoms with van der Waals surface area (Å²) < 4.78 is 0. The van der Waals surface area contributed by atoms with Gasteiger partial charge in [0, 0.05) is 29.7 Å². The van der Waals surface area contributed by atoms with E-state index in [1.54, 1.807) is 11.3 Å². The Bertz CT molecular complexity index is 482. The van der Waals surface area contributed by atoms with Gasteiger partial charge in [0.15, 0.2) is 0 Å². The van der Waals surface area contributed by atoms with Gasteiger partial charge in [0.1, 0.15) is 5.82 Å². The van der Waals surface area contributed by atoms with Gasteiger partial charge in [0.25, 0.3) is 0 Å². The van der Waals surface area contributed by atoms with Gasteiger partial charge in [0.05, 0.1) is 6.54 Å². The number of hydrogen-bond acceptors (Lipinski definition) is 4. The molecule has 0 radical (unpaired) electrons. The van der Waals surface area contributed by atoms with Crippen LogP contribution in [-0.4, -0.2) is 19.1 Å². The third-order valence-electron chi connectivity index (χ3n) is 3.05. The highest BCUT2D eigenvalue weighted by atomic mass is 32.1. The SMILES string of the molecule is CNC(C)c1cccnc1N(C)Cc1cccs1. The highest BCUT2D eigenvalue weighted by Crippen LogP contribution is 2.24. The second kappa shape index (κ2) is 5.98. The molecular weight excluding hydrogens is 242 g/mol. The zero-order valence-electron chi connectivity index (χ0n) is 11.1. The van der Waals surface area contributed by atoms with Crippen LogP contribution >= 0.6 is 11.3 Å². The number of pyridine rings is 1. The fraction of sp³-hybridized carbons (Fsp3) is 0.357. The fourth-order valence-electron chi connectivity index (χ4n) is 1.93. The minimum absolute atomic E-state index is 0.305. The van der Waals surface area contributed by atoms with Crippen molar-refractivity contribution in [3.8, 4) is 0 Å². The van der Waals surface area contributed by atoms with Gasteiger partial charge >= 0.3 is 0 Å². The number of thiophene rings is 1. The third kappa shape index (κ3) is 2.89. The summed E-state index contributed by atoms with van der Waals surface area (Å²) in [5.41, 5.74) is 1.24. The number of nitrogens with one attached hydrogen (secondary N) is 1. The van der Waals surface area contributed by atoms with E-state index in [2.05, 4.69) is 52.8 Å². The second-order valence-electron chi connectivity index (χ2n) is 4.36. The van der Waals surface area contributed by atoms with Gasteiger partial charge < -0.3 is 10.2 Å². The Kier molecular flexibility index (Phi) is 4.33. The molecule has 0 aliphatic carbocycles. The first-order chi connectivity index (χ1) is 8.72. The molecule has 1 unspecified atom stereocenters. The van der Waals surface area contributed by atoms with E-state index < -0.39 is 0 Å². The van der Waals surface area contributed by atoms with Crippen molar-refractivity contribution in [2.24, 2.45) is 0 Å². The monoisotopic (exact) mass is 261 g/mol. The Morgan fingerprint density at radius 2 is 2.22 bits per heavy atom. The van der Waals surface area contributed by atoms with Crippen LogP contribution in [0.25, 0.3) is 0 Å². The van der Waals surface area contributed by atoms with Crippen molar-refractivity contribution in [2.45, 2.75) is 19.5 Å². The molecule has 3 nitrogen and oxygen atoms in total. The highest BCUT2D eigenvalue weighted by Gasteiger charge is 2.13. The summed E-state index contributed by atoms with van der Waals surface area (Å²) in [4.78, 5) is 8.08. The molecule has 0 spiro atoms. The number of anilines is 1. The van der Waals surface area contributed by atoms with E-state index >= 15 is 0 Å². The topological polar surface area (TPSA) is 28.2 Å². The van der Waals surface area contributed by atoms with Crippen LogP contribution in [0, 0.1) is 0 Å². The largest absolute Gasteiger partial charge is 0.354 e. The number of rotatable bonds is 5. The van der Waals surface area contributed by atoms with Crippen molar-refractivity contribution >= 4 is 17.2 Å². The van der Waals surface area contributed by atoms with Crippen LogP contribution in [0.3, 0.4) is 0 Å². The Hall–Kier alpha value is -1.39. The molecule has 2 aromatic heterocycles. The Balaban J connectivity index is 2.21. The maximum absolute atomic E-state index is 4.52. The molecule has 2 aromatic rings. The first-order valence-corrected chi connectivity index (χ1v) is 6.96. The van der Waals surface area contributed by atoms with Gasteiger partial charge in [-0.1, -0.05) is 12.1 Å². The molecule has 0 amide bonds. The van der Waals surface area contributed by atoms with Crippen LogP contribution in [-0.2, 0) is 6.54 Å². The van der Waals surface area contributed by atoms with E-state index in [0.717, 1.165) is 12.4 Å². The Labute approximate surface area is 112 Å². The predicted molar refractivity (Wildman–Crippen MR) is 78.1 cm³/mol. The first kappa shape index (κ1) is 13.1. The van der Waals surface area contributed by atoms with Crippen LogP contribution in [0.2, 0.25) is 0 Å². The lowest BCUT2D eigenvalue weighted by atomic mass is 10.1. The molecule has 0 saturated heterocycles. The Morgan fingerprint density at radius 1 is 1.39 bits per heavy atom. The average Bonchev–Trinajstić information content (AvgIpc) is 2.90. The zero-order chi connectivity index (χ0) is 13.0. The van der Waals surface area contributed by atoms with Crippen molar-refractivity contribution in [3.63, 3.8) is 0 Å². The van der Waals surface area contributed by atoms with E-state index in [-0.39, 0.29) is 0 Å². The van der Waals surface area contributed by atoms with Crippen LogP contribution in [0.5, 0.6) is 0 Å². The van der Waals surface area contributed by atoms with Crippen molar-refractivity contribution in [2.75, 3.05) is 19.0 Å². The minimum Gasteiger partial charge on any atom is -0.354 e. The van der Waals surface area contributed by atoms with Crippen molar-refractivity contribution in [3.05, 3.63) is 46.3 Å². The number of aromatic nitrogens is 1. The molecule has 2 rings (SSSR count). The molecule has 1 atom stereocenters. The summed E-state index contributed by atoms with van der Waals surface area (Å²) in [5.74, 6) is 1.05. The van der Waals surface area contributed by atoms with Gasteiger partial charge in [-0.25, -0.2) is 4.98 Å². The molecule has 96 valence electrons. The number of hydrogen-bond donors (Lipinski definition) is 1. The molecule has 18 heavy (non-hydrogen) atoms. The van der Waals surface area contributed by atoms with Crippen LogP contribution in [0.4, 0.5) is 5.82 Å². The van der Waals surface area contributed by atoms with Gasteiger partial charge in [0.2, 0.25) is 0 Å². The molecule has 0 aromatic carbocycles. The summed E-state index contributed by atoms with van der Waals surface area (Å²) in [6, 6.07) is 8.67. The Morgan fingerprint density at radius 3 is 2.89 bits per heavy atom. The molecule has 2 heterocycles. The van der Waals surface area contributed by atoms with Gasteiger partial charge in [-0.15, -0.1) is 11.3 Å². The highest BCUT2D eigenvalue weighted by molar-refractivity contribution is 7.09. The van der Waals surface area contributed by atoms with Gasteiger partial charge in [-0.3, -0.25) is 0 Å². The van der Waals surface area contributed by atoms with Gasteiger partial charge in [-0.05, 0) is 31.5 Å². The molecular formula is C14H19N3S. The maximum atomic E-state index is 4.52. The maximum Gasteiger partial charge on any atom is 0.133 e. The molecule has 0 bridgehead atoms. The summed E-state index contributed by atoms with van der Waals surface area (Å²) in [5, 5.41) is 5.38. The molecule has 4 heteroatoms. The van der Waals surface area contributed by atoms with E-state index in [0.29, 0.717) is 6.04 Å². The number of nitrogens with zero attached hydrogens (tertiary/aromatic N) is 2. The van der Waals surface area contributed by atoms with Gasteiger partial charge in [-0.2, -0.15) is 0 Å². The molecule has 0 saturated carbocycles. The van der Waals surface area contributed by atoms with Crippen LogP contribution < -0.4 is 10.2 Å². The van der Waals surface area contributed by atoms with E-state index in [1.165, 1.54) is 10.4 Å². The van der Waals surface area contributed by atoms with Crippen LogP contribution in [0.15, 0.2) is 35.8 Å². The van der Waals surface area contributed by atoms with E-state index in [1.807, 2.05) is 19.3 Å². The summed E-state index contributed by atoms with van der Waals surface area (Å²) in [6.45, 7) is 3.05. The second-order valence-corrected chi connectivity index (χ2v) is 5.39. The lowest BCUT2D eigenvalue weighted by Gasteiger charge is -2.23. The standard InChI is InChI=1S/C14H19N3S/c1-11(15-2)13-7-4-8-16-14(13)17(3)10-12-6-5-9-18-12/h4-9,11,15H,10H2,1-3H3. The van der Waals surface area contributed by atoms with Crippen molar-refractivity contribution in [1.29, 1.82) is 0 Å². The molecule has 0 aliphatic rings. The molecule has 0 fully saturated rings. The lowest BCUT2D eigenvalue weighted by molar-refractivity contribution is 0.646.